The van der Waals surface area contributed by atoms with Crippen molar-refractivity contribution in [3.63, 3.8) is 0 Å². The third-order valence-electron chi connectivity index (χ3n) is 4.53. The lowest BCUT2D eigenvalue weighted by atomic mass is 10.1. The molecule has 4 aromatic rings. The summed E-state index contributed by atoms with van der Waals surface area (Å²) < 4.78 is 1.67. The molecule has 0 unspecified atom stereocenters. The molecule has 2 heterocycles. The van der Waals surface area contributed by atoms with Gasteiger partial charge >= 0.3 is 0 Å². The highest BCUT2D eigenvalue weighted by Gasteiger charge is 2.15. The molecule has 136 valence electrons. The monoisotopic (exact) mass is 379 g/mol. The van der Waals surface area contributed by atoms with Crippen LogP contribution in [-0.4, -0.2) is 25.4 Å². The topological polar surface area (TPSA) is 95.6 Å². The van der Waals surface area contributed by atoms with Crippen LogP contribution < -0.4 is 10.9 Å². The zero-order valence-electron chi connectivity index (χ0n) is 14.7. The second-order valence-electron chi connectivity index (χ2n) is 6.39. The summed E-state index contributed by atoms with van der Waals surface area (Å²) in [5.41, 5.74) is 2.54. The Balaban J connectivity index is 1.63. The number of carbonyl (C=O) groups excluding carboxylic acids is 1. The first-order valence-electron chi connectivity index (χ1n) is 8.42. The van der Waals surface area contributed by atoms with Crippen molar-refractivity contribution < 1.29 is 4.79 Å². The molecule has 0 fully saturated rings. The van der Waals surface area contributed by atoms with Crippen molar-refractivity contribution in [3.8, 4) is 0 Å². The normalized spacial score (nSPS) is 12.4. The lowest BCUT2D eigenvalue weighted by Crippen LogP contribution is -2.27. The molecule has 1 atom stereocenters. The first-order valence-corrected chi connectivity index (χ1v) is 8.83. The largest absolute Gasteiger partial charge is 0.342 e. The number of hydrogen-bond acceptors (Lipinski definition) is 4. The average molecular weight is 379 g/mol. The van der Waals surface area contributed by atoms with Crippen molar-refractivity contribution in [1.82, 2.24) is 24.8 Å². The van der Waals surface area contributed by atoms with Crippen molar-refractivity contribution in [1.29, 1.82) is 0 Å². The molecule has 0 spiro atoms. The number of imidazole rings is 1. The van der Waals surface area contributed by atoms with E-state index in [1.54, 1.807) is 25.2 Å². The fourth-order valence-electron chi connectivity index (χ4n) is 2.97. The number of aromatic nitrogens is 4. The lowest BCUT2D eigenvalue weighted by Gasteiger charge is -2.12. The van der Waals surface area contributed by atoms with Gasteiger partial charge in [-0.2, -0.15) is 0 Å². The molecule has 0 bridgehead atoms. The van der Waals surface area contributed by atoms with E-state index in [4.69, 9.17) is 12.2 Å². The molecule has 0 aliphatic rings. The Labute approximate surface area is 159 Å². The van der Waals surface area contributed by atoms with Gasteiger partial charge in [-0.15, -0.1) is 0 Å². The molecule has 7 nitrogen and oxygen atoms in total. The van der Waals surface area contributed by atoms with Gasteiger partial charge in [0.1, 0.15) is 5.82 Å². The summed E-state index contributed by atoms with van der Waals surface area (Å²) in [6.07, 6.45) is 0. The SMILES string of the molecule is C[C@@H](NC(=O)c1ccc2c(=O)n(C)c(=S)[nH]c2c1)c1nc2ccccc2[nH]1. The summed E-state index contributed by atoms with van der Waals surface area (Å²) in [6, 6.07) is 12.3. The van der Waals surface area contributed by atoms with Crippen molar-refractivity contribution in [2.75, 3.05) is 0 Å². The first-order chi connectivity index (χ1) is 12.9. The Bertz CT molecular complexity index is 1270. The molecule has 8 heteroatoms. The molecular formula is C19H17N5O2S. The molecule has 3 N–H and O–H groups in total. The molecule has 2 aromatic carbocycles. The molecule has 0 saturated heterocycles. The van der Waals surface area contributed by atoms with Crippen molar-refractivity contribution in [2.24, 2.45) is 7.05 Å². The molecule has 0 radical (unpaired) electrons. The minimum atomic E-state index is -0.303. The molecule has 1 amide bonds. The van der Waals surface area contributed by atoms with Crippen LogP contribution in [0.15, 0.2) is 47.3 Å². The van der Waals surface area contributed by atoms with E-state index in [9.17, 15) is 9.59 Å². The molecule has 4 rings (SSSR count). The van der Waals surface area contributed by atoms with E-state index < -0.39 is 0 Å². The van der Waals surface area contributed by atoms with E-state index >= 15 is 0 Å². The predicted octanol–water partition coefficient (Wildman–Crippen LogP) is 2.96. The van der Waals surface area contributed by atoms with Crippen LogP contribution in [-0.2, 0) is 7.05 Å². The summed E-state index contributed by atoms with van der Waals surface area (Å²) in [7, 11) is 1.61. The number of rotatable bonds is 3. The van der Waals surface area contributed by atoms with Crippen LogP contribution in [0.25, 0.3) is 21.9 Å². The maximum Gasteiger partial charge on any atom is 0.261 e. The summed E-state index contributed by atoms with van der Waals surface area (Å²) in [5, 5.41) is 3.40. The van der Waals surface area contributed by atoms with Crippen LogP contribution in [0.2, 0.25) is 0 Å². The lowest BCUT2D eigenvalue weighted by molar-refractivity contribution is 0.0938. The van der Waals surface area contributed by atoms with Gasteiger partial charge in [0.25, 0.3) is 11.5 Å². The van der Waals surface area contributed by atoms with Gasteiger partial charge in [0.05, 0.1) is 28.0 Å². The van der Waals surface area contributed by atoms with Crippen LogP contribution in [0.5, 0.6) is 0 Å². The third kappa shape index (κ3) is 3.04. The first kappa shape index (κ1) is 17.2. The number of nitrogens with zero attached hydrogens (tertiary/aromatic N) is 2. The van der Waals surface area contributed by atoms with E-state index in [0.717, 1.165) is 11.0 Å². The zero-order chi connectivity index (χ0) is 19.1. The maximum absolute atomic E-state index is 12.6. The fraction of sp³-hybridized carbons (Fsp3) is 0.158. The van der Waals surface area contributed by atoms with Crippen molar-refractivity contribution in [3.05, 3.63) is 69.0 Å². The minimum absolute atomic E-state index is 0.198. The molecule has 0 aliphatic carbocycles. The quantitative estimate of drug-likeness (QED) is 0.477. The number of benzene rings is 2. The summed E-state index contributed by atoms with van der Waals surface area (Å²) in [4.78, 5) is 35.6. The van der Waals surface area contributed by atoms with E-state index in [0.29, 0.717) is 27.1 Å². The molecule has 2 aromatic heterocycles. The highest BCUT2D eigenvalue weighted by Crippen LogP contribution is 2.17. The van der Waals surface area contributed by atoms with Gasteiger partial charge in [-0.05, 0) is 49.5 Å². The molecule has 27 heavy (non-hydrogen) atoms. The molecule has 0 saturated carbocycles. The van der Waals surface area contributed by atoms with Crippen LogP contribution in [0, 0.1) is 4.77 Å². The summed E-state index contributed by atoms with van der Waals surface area (Å²) in [5.74, 6) is 0.420. The Morgan fingerprint density at radius 2 is 1.96 bits per heavy atom. The van der Waals surface area contributed by atoms with E-state index in [1.807, 2.05) is 31.2 Å². The minimum Gasteiger partial charge on any atom is -0.342 e. The van der Waals surface area contributed by atoms with Crippen LogP contribution in [0.4, 0.5) is 0 Å². The van der Waals surface area contributed by atoms with Crippen molar-refractivity contribution >= 4 is 40.1 Å². The van der Waals surface area contributed by atoms with E-state index in [1.165, 1.54) is 4.57 Å². The van der Waals surface area contributed by atoms with Gasteiger partial charge in [0.2, 0.25) is 0 Å². The molecular weight excluding hydrogens is 362 g/mol. The van der Waals surface area contributed by atoms with Gasteiger partial charge in [-0.25, -0.2) is 4.98 Å². The van der Waals surface area contributed by atoms with Crippen molar-refractivity contribution in [2.45, 2.75) is 13.0 Å². The highest BCUT2D eigenvalue weighted by molar-refractivity contribution is 7.71. The standard InChI is InChI=1S/C19H17N5O2S/c1-10(16-21-13-5-3-4-6-14(13)22-16)20-17(25)11-7-8-12-15(9-11)23-19(27)24(2)18(12)26/h3-10H,1-2H3,(H,20,25)(H,21,22)(H,23,27)/t10-/m1/s1. The number of fused-ring (bicyclic) bond motifs is 2. The van der Waals surface area contributed by atoms with Gasteiger partial charge in [-0.1, -0.05) is 12.1 Å². The van der Waals surface area contributed by atoms with Crippen LogP contribution in [0.3, 0.4) is 0 Å². The van der Waals surface area contributed by atoms with Gasteiger partial charge in [0, 0.05) is 12.6 Å². The number of hydrogen-bond donors (Lipinski definition) is 3. The Hall–Kier alpha value is -3.26. The Morgan fingerprint density at radius 3 is 2.74 bits per heavy atom. The predicted molar refractivity (Wildman–Crippen MR) is 106 cm³/mol. The zero-order valence-corrected chi connectivity index (χ0v) is 15.6. The number of para-hydroxylation sites is 2. The number of nitrogens with one attached hydrogen (secondary N) is 3. The van der Waals surface area contributed by atoms with Crippen LogP contribution >= 0.6 is 12.2 Å². The number of carbonyl (C=O) groups is 1. The third-order valence-corrected chi connectivity index (χ3v) is 4.90. The number of amides is 1. The second kappa shape index (κ2) is 6.48. The summed E-state index contributed by atoms with van der Waals surface area (Å²) >= 11 is 5.14. The second-order valence-corrected chi connectivity index (χ2v) is 6.78. The van der Waals surface area contributed by atoms with Gasteiger partial charge in [-0.3, -0.25) is 14.2 Å². The van der Waals surface area contributed by atoms with E-state index in [-0.39, 0.29) is 17.5 Å². The van der Waals surface area contributed by atoms with E-state index in [2.05, 4.69) is 20.3 Å². The number of aromatic amines is 2. The average Bonchev–Trinajstić information content (AvgIpc) is 3.10. The molecule has 0 aliphatic heterocycles. The van der Waals surface area contributed by atoms with Gasteiger partial charge < -0.3 is 15.3 Å². The number of H-pyrrole nitrogens is 2. The Kier molecular flexibility index (Phi) is 4.12. The Morgan fingerprint density at radius 1 is 1.19 bits per heavy atom. The summed E-state index contributed by atoms with van der Waals surface area (Å²) in [6.45, 7) is 1.86. The van der Waals surface area contributed by atoms with Gasteiger partial charge in [0.15, 0.2) is 4.77 Å². The highest BCUT2D eigenvalue weighted by atomic mass is 32.1. The smallest absolute Gasteiger partial charge is 0.261 e. The van der Waals surface area contributed by atoms with Crippen LogP contribution in [0.1, 0.15) is 29.1 Å². The fourth-order valence-corrected chi connectivity index (χ4v) is 3.17. The maximum atomic E-state index is 12.6.